The van der Waals surface area contributed by atoms with Crippen LogP contribution < -0.4 is 14.7 Å². The minimum Gasteiger partial charge on any atom is -0.457 e. The third-order valence-electron chi connectivity index (χ3n) is 4.76. The molecule has 170 valence electrons. The van der Waals surface area contributed by atoms with Gasteiger partial charge in [0.2, 0.25) is 10.0 Å². The Kier molecular flexibility index (Phi) is 6.70. The number of sulfonamides is 1. The van der Waals surface area contributed by atoms with Crippen molar-refractivity contribution in [1.82, 2.24) is 4.57 Å². The van der Waals surface area contributed by atoms with Crippen LogP contribution in [0.4, 0.5) is 0 Å². The van der Waals surface area contributed by atoms with Gasteiger partial charge in [-0.1, -0.05) is 35.6 Å². The molecule has 4 rings (SSSR count). The van der Waals surface area contributed by atoms with Crippen molar-refractivity contribution in [3.05, 3.63) is 83.2 Å². The van der Waals surface area contributed by atoms with Crippen LogP contribution in [0.15, 0.2) is 82.7 Å². The maximum absolute atomic E-state index is 13.0. The van der Waals surface area contributed by atoms with Gasteiger partial charge in [0, 0.05) is 19.2 Å². The van der Waals surface area contributed by atoms with Crippen LogP contribution in [0.25, 0.3) is 10.2 Å². The summed E-state index contributed by atoms with van der Waals surface area (Å²) in [5, 5.41) is 5.26. The van der Waals surface area contributed by atoms with E-state index in [0.29, 0.717) is 39.7 Å². The topological polar surface area (TPSA) is 113 Å². The van der Waals surface area contributed by atoms with Gasteiger partial charge in [-0.2, -0.15) is 4.99 Å². The van der Waals surface area contributed by atoms with Gasteiger partial charge in [-0.05, 0) is 48.5 Å². The molecule has 1 aromatic heterocycles. The molecule has 33 heavy (non-hydrogen) atoms. The second-order valence-electron chi connectivity index (χ2n) is 7.06. The van der Waals surface area contributed by atoms with Crippen molar-refractivity contribution in [2.24, 2.45) is 10.1 Å². The predicted molar refractivity (Wildman–Crippen MR) is 126 cm³/mol. The molecule has 0 atom stereocenters. The zero-order chi connectivity index (χ0) is 23.4. The van der Waals surface area contributed by atoms with E-state index >= 15 is 0 Å². The number of hydrogen-bond donors (Lipinski definition) is 1. The summed E-state index contributed by atoms with van der Waals surface area (Å²) in [4.78, 5) is 17.7. The number of ether oxygens (including phenoxy) is 2. The number of nitrogens with two attached hydrogens (primary N) is 1. The highest BCUT2D eigenvalue weighted by atomic mass is 32.2. The van der Waals surface area contributed by atoms with Gasteiger partial charge >= 0.3 is 0 Å². The summed E-state index contributed by atoms with van der Waals surface area (Å²) in [7, 11) is -2.27. The molecule has 0 spiro atoms. The number of rotatable bonds is 7. The quantitative estimate of drug-likeness (QED) is 0.432. The average molecular weight is 484 g/mol. The summed E-state index contributed by atoms with van der Waals surface area (Å²) in [6.45, 7) is 0.832. The number of carbonyl (C=O) groups excluding carboxylic acids is 1. The Morgan fingerprint density at radius 1 is 1.03 bits per heavy atom. The molecule has 0 bridgehead atoms. The molecule has 0 aliphatic heterocycles. The number of thiazole rings is 1. The maximum Gasteiger partial charge on any atom is 0.279 e. The molecule has 4 aromatic rings. The van der Waals surface area contributed by atoms with Crippen molar-refractivity contribution < 1.29 is 22.7 Å². The molecule has 0 unspecified atom stereocenters. The first-order valence-electron chi connectivity index (χ1n) is 9.92. The van der Waals surface area contributed by atoms with Crippen LogP contribution in [0.2, 0.25) is 0 Å². The van der Waals surface area contributed by atoms with Gasteiger partial charge in [0.25, 0.3) is 5.91 Å². The van der Waals surface area contributed by atoms with E-state index in [2.05, 4.69) is 4.99 Å². The Labute approximate surface area is 194 Å². The number of nitrogens with zero attached hydrogens (tertiary/aromatic N) is 2. The Morgan fingerprint density at radius 2 is 1.79 bits per heavy atom. The van der Waals surface area contributed by atoms with E-state index in [-0.39, 0.29) is 4.90 Å². The highest BCUT2D eigenvalue weighted by Crippen LogP contribution is 2.23. The van der Waals surface area contributed by atoms with Crippen LogP contribution in [0.5, 0.6) is 11.5 Å². The van der Waals surface area contributed by atoms with Gasteiger partial charge < -0.3 is 14.0 Å². The number of amides is 1. The van der Waals surface area contributed by atoms with Crippen LogP contribution in [-0.2, 0) is 21.3 Å². The molecule has 2 N–H and O–H groups in total. The second kappa shape index (κ2) is 9.67. The first-order valence-corrected chi connectivity index (χ1v) is 12.3. The molecule has 0 radical (unpaired) electrons. The molecule has 0 fully saturated rings. The maximum atomic E-state index is 13.0. The first kappa shape index (κ1) is 22.9. The van der Waals surface area contributed by atoms with Crippen LogP contribution in [0, 0.1) is 0 Å². The molecule has 0 saturated heterocycles. The fourth-order valence-corrected chi connectivity index (χ4v) is 4.89. The zero-order valence-electron chi connectivity index (χ0n) is 17.7. The Bertz CT molecular complexity index is 1480. The fourth-order valence-electron chi connectivity index (χ4n) is 3.18. The van der Waals surface area contributed by atoms with Crippen LogP contribution in [0.3, 0.4) is 0 Å². The van der Waals surface area contributed by atoms with E-state index in [4.69, 9.17) is 14.6 Å². The molecule has 0 saturated carbocycles. The summed E-state index contributed by atoms with van der Waals surface area (Å²) in [6.07, 6.45) is 0. The second-order valence-corrected chi connectivity index (χ2v) is 9.63. The third kappa shape index (κ3) is 5.37. The van der Waals surface area contributed by atoms with Crippen molar-refractivity contribution in [3.63, 3.8) is 0 Å². The molecule has 1 heterocycles. The van der Waals surface area contributed by atoms with Gasteiger partial charge in [0.1, 0.15) is 11.5 Å². The number of carbonyl (C=O) groups is 1. The van der Waals surface area contributed by atoms with Gasteiger partial charge in [0.15, 0.2) is 4.80 Å². The van der Waals surface area contributed by atoms with Gasteiger partial charge in [0.05, 0.1) is 21.7 Å². The number of hydrogen-bond acceptors (Lipinski definition) is 6. The van der Waals surface area contributed by atoms with Gasteiger partial charge in [-0.15, -0.1) is 0 Å². The molecule has 0 aliphatic rings. The van der Waals surface area contributed by atoms with Crippen molar-refractivity contribution in [3.8, 4) is 11.5 Å². The van der Waals surface area contributed by atoms with Crippen LogP contribution >= 0.6 is 11.3 Å². The summed E-state index contributed by atoms with van der Waals surface area (Å²) in [6, 6.07) is 20.6. The van der Waals surface area contributed by atoms with Crippen molar-refractivity contribution in [2.45, 2.75) is 11.4 Å². The predicted octanol–water partition coefficient (Wildman–Crippen LogP) is 3.53. The number of methoxy groups -OCH3 is 1. The number of fused-ring (bicyclic) bond motifs is 1. The van der Waals surface area contributed by atoms with E-state index < -0.39 is 15.9 Å². The van der Waals surface area contributed by atoms with Crippen molar-refractivity contribution >= 4 is 37.5 Å². The highest BCUT2D eigenvalue weighted by Gasteiger charge is 2.14. The van der Waals surface area contributed by atoms with Crippen molar-refractivity contribution in [1.29, 1.82) is 0 Å². The largest absolute Gasteiger partial charge is 0.457 e. The van der Waals surface area contributed by atoms with Crippen LogP contribution in [-0.4, -0.2) is 32.6 Å². The number of benzene rings is 3. The third-order valence-corrected chi connectivity index (χ3v) is 6.71. The van der Waals surface area contributed by atoms with Gasteiger partial charge in [-0.3, -0.25) is 4.79 Å². The molecule has 0 aliphatic carbocycles. The summed E-state index contributed by atoms with van der Waals surface area (Å²) in [5.74, 6) is 0.730. The molecular formula is C23H21N3O5S2. The van der Waals surface area contributed by atoms with E-state index in [1.165, 1.54) is 23.5 Å². The lowest BCUT2D eigenvalue weighted by Crippen LogP contribution is -2.19. The highest BCUT2D eigenvalue weighted by molar-refractivity contribution is 7.89. The SMILES string of the molecule is COCCn1c(=NC(=O)c2cccc(Oc3ccccc3)c2)sc2cc(S(N)(=O)=O)ccc21. The minimum absolute atomic E-state index is 0.00113. The molecular weight excluding hydrogens is 462 g/mol. The number of aromatic nitrogens is 1. The molecule has 3 aromatic carbocycles. The van der Waals surface area contributed by atoms with E-state index in [0.717, 1.165) is 5.52 Å². The Balaban J connectivity index is 1.72. The standard InChI is InChI=1S/C23H21N3O5S2/c1-30-13-12-26-20-11-10-19(33(24,28)29)15-21(20)32-23(26)25-22(27)16-6-5-9-18(14-16)31-17-7-3-2-4-8-17/h2-11,14-15H,12-13H2,1H3,(H2,24,28,29). The minimum atomic E-state index is -3.85. The van der Waals surface area contributed by atoms with Crippen LogP contribution in [0.1, 0.15) is 10.4 Å². The van der Waals surface area contributed by atoms with Crippen molar-refractivity contribution in [2.75, 3.05) is 13.7 Å². The fraction of sp³-hybridized carbons (Fsp3) is 0.130. The summed E-state index contributed by atoms with van der Waals surface area (Å²) >= 11 is 1.20. The normalized spacial score (nSPS) is 12.2. The zero-order valence-corrected chi connectivity index (χ0v) is 19.3. The summed E-state index contributed by atoms with van der Waals surface area (Å²) in [5.41, 5.74) is 1.10. The lowest BCUT2D eigenvalue weighted by molar-refractivity contribution is 0.0997. The molecule has 8 nitrogen and oxygen atoms in total. The smallest absolute Gasteiger partial charge is 0.279 e. The molecule has 1 amide bonds. The summed E-state index contributed by atoms with van der Waals surface area (Å²) < 4.78 is 36.9. The lowest BCUT2D eigenvalue weighted by atomic mass is 10.2. The Morgan fingerprint density at radius 3 is 2.52 bits per heavy atom. The van der Waals surface area contributed by atoms with E-state index in [1.54, 1.807) is 37.4 Å². The van der Waals surface area contributed by atoms with E-state index in [9.17, 15) is 13.2 Å². The average Bonchev–Trinajstić information content (AvgIpc) is 3.14. The number of primary sulfonamides is 1. The lowest BCUT2D eigenvalue weighted by Gasteiger charge is -2.06. The number of para-hydroxylation sites is 1. The Hall–Kier alpha value is -3.31. The van der Waals surface area contributed by atoms with E-state index in [1.807, 2.05) is 34.9 Å². The molecule has 10 heteroatoms. The van der Waals surface area contributed by atoms with Gasteiger partial charge in [-0.25, -0.2) is 13.6 Å². The first-order chi connectivity index (χ1) is 15.8. The monoisotopic (exact) mass is 483 g/mol.